The molecule has 5 heteroatoms. The zero-order valence-electron chi connectivity index (χ0n) is 8.82. The number of halogens is 1. The molecule has 2 atom stereocenters. The Bertz CT molecular complexity index is 342. The van der Waals surface area contributed by atoms with Crippen LogP contribution in [0.25, 0.3) is 0 Å². The maximum Gasteiger partial charge on any atom is 0.234 e. The summed E-state index contributed by atoms with van der Waals surface area (Å²) in [6.07, 6.45) is 3.80. The number of nitrogens with one attached hydrogen (secondary N) is 1. The highest BCUT2D eigenvalue weighted by molar-refractivity contribution is 5.85. The van der Waals surface area contributed by atoms with E-state index >= 15 is 0 Å². The molecule has 0 amide bonds. The zero-order chi connectivity index (χ0) is 9.60. The molecular formula is C10H16ClN3O. The van der Waals surface area contributed by atoms with Crippen molar-refractivity contribution in [2.75, 3.05) is 13.1 Å². The van der Waals surface area contributed by atoms with Gasteiger partial charge in [0.05, 0.1) is 5.41 Å². The average Bonchev–Trinajstić information content (AvgIpc) is 2.75. The molecule has 0 bridgehead atoms. The molecule has 4 nitrogen and oxygen atoms in total. The van der Waals surface area contributed by atoms with Crippen LogP contribution in [-0.2, 0) is 5.41 Å². The van der Waals surface area contributed by atoms with Crippen LogP contribution in [0, 0.1) is 12.8 Å². The molecule has 3 rings (SSSR count). The van der Waals surface area contributed by atoms with E-state index in [-0.39, 0.29) is 17.8 Å². The Morgan fingerprint density at radius 1 is 1.53 bits per heavy atom. The number of hydrogen-bond acceptors (Lipinski definition) is 4. The number of rotatable bonds is 1. The fourth-order valence-electron chi connectivity index (χ4n) is 3.00. The zero-order valence-corrected chi connectivity index (χ0v) is 9.64. The molecule has 1 aromatic heterocycles. The van der Waals surface area contributed by atoms with E-state index in [1.807, 2.05) is 6.92 Å². The highest BCUT2D eigenvalue weighted by Crippen LogP contribution is 2.46. The molecule has 2 heterocycles. The van der Waals surface area contributed by atoms with Crippen molar-refractivity contribution in [1.82, 2.24) is 15.5 Å². The Labute approximate surface area is 95.2 Å². The lowest BCUT2D eigenvalue weighted by Gasteiger charge is -2.22. The second-order valence-electron chi connectivity index (χ2n) is 4.52. The van der Waals surface area contributed by atoms with Gasteiger partial charge >= 0.3 is 0 Å². The van der Waals surface area contributed by atoms with Crippen molar-refractivity contribution in [1.29, 1.82) is 0 Å². The summed E-state index contributed by atoms with van der Waals surface area (Å²) in [6.45, 7) is 4.01. The minimum absolute atomic E-state index is 0. The van der Waals surface area contributed by atoms with E-state index < -0.39 is 0 Å². The summed E-state index contributed by atoms with van der Waals surface area (Å²) in [6, 6.07) is 0. The predicted molar refractivity (Wildman–Crippen MR) is 58.2 cm³/mol. The monoisotopic (exact) mass is 229 g/mol. The van der Waals surface area contributed by atoms with Gasteiger partial charge in [0, 0.05) is 6.54 Å². The van der Waals surface area contributed by atoms with Crippen LogP contribution in [0.15, 0.2) is 4.52 Å². The van der Waals surface area contributed by atoms with Crippen LogP contribution >= 0.6 is 12.4 Å². The number of hydrogen-bond donors (Lipinski definition) is 1. The summed E-state index contributed by atoms with van der Waals surface area (Å²) < 4.78 is 5.35. The van der Waals surface area contributed by atoms with Crippen LogP contribution in [0.3, 0.4) is 0 Å². The molecule has 1 aliphatic carbocycles. The molecule has 1 aromatic rings. The molecule has 1 saturated heterocycles. The molecule has 2 fully saturated rings. The molecule has 1 aliphatic heterocycles. The maximum atomic E-state index is 5.35. The first kappa shape index (κ1) is 10.9. The SMILES string of the molecule is Cc1noc(C23CCCC2CNC3)n1.Cl. The van der Waals surface area contributed by atoms with Crippen LogP contribution in [0.1, 0.15) is 31.0 Å². The van der Waals surface area contributed by atoms with Crippen LogP contribution in [-0.4, -0.2) is 23.2 Å². The van der Waals surface area contributed by atoms with Crippen molar-refractivity contribution in [2.24, 2.45) is 5.92 Å². The van der Waals surface area contributed by atoms with Crippen molar-refractivity contribution in [3.63, 3.8) is 0 Å². The van der Waals surface area contributed by atoms with Crippen molar-refractivity contribution in [2.45, 2.75) is 31.6 Å². The normalized spacial score (nSPS) is 33.8. The van der Waals surface area contributed by atoms with E-state index in [0.29, 0.717) is 5.92 Å². The highest BCUT2D eigenvalue weighted by Gasteiger charge is 2.51. The van der Waals surface area contributed by atoms with Crippen LogP contribution < -0.4 is 5.32 Å². The lowest BCUT2D eigenvalue weighted by molar-refractivity contribution is 0.264. The first-order valence-corrected chi connectivity index (χ1v) is 5.33. The Kier molecular flexibility index (Phi) is 2.73. The van der Waals surface area contributed by atoms with Gasteiger partial charge in [0.15, 0.2) is 5.82 Å². The van der Waals surface area contributed by atoms with Gasteiger partial charge in [-0.1, -0.05) is 11.6 Å². The van der Waals surface area contributed by atoms with Gasteiger partial charge in [-0.05, 0) is 32.2 Å². The second-order valence-corrected chi connectivity index (χ2v) is 4.52. The van der Waals surface area contributed by atoms with Gasteiger partial charge in [-0.25, -0.2) is 0 Å². The van der Waals surface area contributed by atoms with Gasteiger partial charge in [0.1, 0.15) is 0 Å². The first-order chi connectivity index (χ1) is 6.81. The quantitative estimate of drug-likeness (QED) is 0.792. The van der Waals surface area contributed by atoms with Gasteiger partial charge in [-0.2, -0.15) is 4.98 Å². The van der Waals surface area contributed by atoms with E-state index in [2.05, 4.69) is 15.5 Å². The molecular weight excluding hydrogens is 214 g/mol. The van der Waals surface area contributed by atoms with Gasteiger partial charge < -0.3 is 9.84 Å². The number of aryl methyl sites for hydroxylation is 1. The molecule has 1 N–H and O–H groups in total. The minimum Gasteiger partial charge on any atom is -0.339 e. The third kappa shape index (κ3) is 1.47. The third-order valence-corrected chi connectivity index (χ3v) is 3.74. The second kappa shape index (κ2) is 3.76. The maximum absolute atomic E-state index is 5.35. The molecule has 84 valence electrons. The molecule has 15 heavy (non-hydrogen) atoms. The van der Waals surface area contributed by atoms with E-state index in [0.717, 1.165) is 24.8 Å². The van der Waals surface area contributed by atoms with E-state index in [1.165, 1.54) is 19.3 Å². The fraction of sp³-hybridized carbons (Fsp3) is 0.800. The van der Waals surface area contributed by atoms with E-state index in [9.17, 15) is 0 Å². The number of aromatic nitrogens is 2. The summed E-state index contributed by atoms with van der Waals surface area (Å²) in [5.74, 6) is 2.33. The molecule has 2 unspecified atom stereocenters. The van der Waals surface area contributed by atoms with Gasteiger partial charge in [0.2, 0.25) is 5.89 Å². The van der Waals surface area contributed by atoms with Crippen LogP contribution in [0.2, 0.25) is 0 Å². The largest absolute Gasteiger partial charge is 0.339 e. The third-order valence-electron chi connectivity index (χ3n) is 3.74. The molecule has 0 spiro atoms. The van der Waals surface area contributed by atoms with Gasteiger partial charge in [-0.3, -0.25) is 0 Å². The minimum atomic E-state index is 0. The average molecular weight is 230 g/mol. The molecule has 2 aliphatic rings. The summed E-state index contributed by atoms with van der Waals surface area (Å²) >= 11 is 0. The van der Waals surface area contributed by atoms with Gasteiger partial charge in [-0.15, -0.1) is 12.4 Å². The van der Waals surface area contributed by atoms with E-state index in [4.69, 9.17) is 4.52 Å². The van der Waals surface area contributed by atoms with Crippen LogP contribution in [0.4, 0.5) is 0 Å². The lowest BCUT2D eigenvalue weighted by atomic mass is 9.80. The Morgan fingerprint density at radius 3 is 3.13 bits per heavy atom. The fourth-order valence-corrected chi connectivity index (χ4v) is 3.00. The number of fused-ring (bicyclic) bond motifs is 1. The van der Waals surface area contributed by atoms with Crippen LogP contribution in [0.5, 0.6) is 0 Å². The Balaban J connectivity index is 0.000000853. The Morgan fingerprint density at radius 2 is 2.40 bits per heavy atom. The summed E-state index contributed by atoms with van der Waals surface area (Å²) in [5, 5.41) is 7.35. The molecule has 1 saturated carbocycles. The smallest absolute Gasteiger partial charge is 0.234 e. The van der Waals surface area contributed by atoms with Crippen molar-refractivity contribution >= 4 is 12.4 Å². The first-order valence-electron chi connectivity index (χ1n) is 5.33. The summed E-state index contributed by atoms with van der Waals surface area (Å²) in [5.41, 5.74) is 0.168. The van der Waals surface area contributed by atoms with E-state index in [1.54, 1.807) is 0 Å². The standard InChI is InChI=1S/C10H15N3O.ClH/c1-7-12-9(14-13-7)10-4-2-3-8(10)5-11-6-10;/h8,11H,2-6H2,1H3;1H. The van der Waals surface area contributed by atoms with Crippen molar-refractivity contribution in [3.8, 4) is 0 Å². The Hall–Kier alpha value is -0.610. The summed E-state index contributed by atoms with van der Waals surface area (Å²) in [4.78, 5) is 4.41. The van der Waals surface area contributed by atoms with Gasteiger partial charge in [0.25, 0.3) is 0 Å². The summed E-state index contributed by atoms with van der Waals surface area (Å²) in [7, 11) is 0. The highest BCUT2D eigenvalue weighted by atomic mass is 35.5. The topological polar surface area (TPSA) is 51.0 Å². The molecule has 0 aromatic carbocycles. The lowest BCUT2D eigenvalue weighted by Crippen LogP contribution is -2.31. The number of nitrogens with zero attached hydrogens (tertiary/aromatic N) is 2. The predicted octanol–water partition coefficient (Wildman–Crippen LogP) is 1.44. The molecule has 0 radical (unpaired) electrons. The van der Waals surface area contributed by atoms with Crippen molar-refractivity contribution < 1.29 is 4.52 Å². The van der Waals surface area contributed by atoms with Crippen molar-refractivity contribution in [3.05, 3.63) is 11.7 Å².